The maximum atomic E-state index is 12.8. The quantitative estimate of drug-likeness (QED) is 0.734. The molecule has 134 valence electrons. The molecule has 0 radical (unpaired) electrons. The lowest BCUT2D eigenvalue weighted by Crippen LogP contribution is -2.36. The molecule has 6 nitrogen and oxygen atoms in total. The third-order valence-corrected chi connectivity index (χ3v) is 5.06. The molecule has 0 fully saturated rings. The number of carbonyl (C=O) groups is 1. The lowest BCUT2D eigenvalue weighted by molar-refractivity contribution is 0.237. The fraction of sp³-hybridized carbons (Fsp3) is 0.235. The monoisotopic (exact) mass is 365 g/mol. The van der Waals surface area contributed by atoms with Crippen LogP contribution in [0.3, 0.4) is 0 Å². The van der Waals surface area contributed by atoms with E-state index in [2.05, 4.69) is 15.4 Å². The van der Waals surface area contributed by atoms with Gasteiger partial charge >= 0.3 is 6.03 Å². The molecule has 0 aromatic heterocycles. The van der Waals surface area contributed by atoms with Crippen LogP contribution in [0.25, 0.3) is 0 Å². The zero-order valence-corrected chi connectivity index (χ0v) is 14.7. The molecule has 2 amide bonds. The van der Waals surface area contributed by atoms with Gasteiger partial charge < -0.3 is 10.6 Å². The number of benzene rings is 2. The Labute approximate surface area is 146 Å². The summed E-state index contributed by atoms with van der Waals surface area (Å²) in [6.07, 6.45) is 0. The minimum Gasteiger partial charge on any atom is -0.334 e. The summed E-state index contributed by atoms with van der Waals surface area (Å²) < 4.78 is 38.8. The molecule has 0 bridgehead atoms. The van der Waals surface area contributed by atoms with Gasteiger partial charge in [-0.3, -0.25) is 0 Å². The average molecular weight is 365 g/mol. The summed E-state index contributed by atoms with van der Waals surface area (Å²) in [6.45, 7) is 2.01. The van der Waals surface area contributed by atoms with E-state index in [4.69, 9.17) is 0 Å². The van der Waals surface area contributed by atoms with Gasteiger partial charge in [-0.15, -0.1) is 0 Å². The van der Waals surface area contributed by atoms with Gasteiger partial charge in [0.1, 0.15) is 5.82 Å². The molecule has 2 rings (SSSR count). The molecule has 2 aromatic rings. The number of hydrogen-bond acceptors (Lipinski definition) is 3. The van der Waals surface area contributed by atoms with Crippen LogP contribution in [0, 0.1) is 5.82 Å². The van der Waals surface area contributed by atoms with Gasteiger partial charge in [-0.05, 0) is 49.4 Å². The van der Waals surface area contributed by atoms with E-state index in [0.717, 1.165) is 5.56 Å². The highest BCUT2D eigenvalue weighted by molar-refractivity contribution is 7.89. The van der Waals surface area contributed by atoms with Crippen molar-refractivity contribution in [3.05, 3.63) is 65.5 Å². The average Bonchev–Trinajstić information content (AvgIpc) is 2.61. The van der Waals surface area contributed by atoms with Crippen molar-refractivity contribution in [2.24, 2.45) is 0 Å². The summed E-state index contributed by atoms with van der Waals surface area (Å²) in [5, 5.41) is 5.41. The van der Waals surface area contributed by atoms with Crippen molar-refractivity contribution in [1.29, 1.82) is 0 Å². The van der Waals surface area contributed by atoms with Gasteiger partial charge in [0.15, 0.2) is 0 Å². The fourth-order valence-corrected chi connectivity index (χ4v) is 2.97. The van der Waals surface area contributed by atoms with Crippen LogP contribution >= 0.6 is 0 Å². The first kappa shape index (κ1) is 18.9. The van der Waals surface area contributed by atoms with Crippen molar-refractivity contribution >= 4 is 16.1 Å². The second-order valence-corrected chi connectivity index (χ2v) is 7.34. The number of amides is 2. The Morgan fingerprint density at radius 3 is 2.48 bits per heavy atom. The van der Waals surface area contributed by atoms with Crippen LogP contribution in [-0.4, -0.2) is 21.5 Å². The third-order valence-electron chi connectivity index (χ3n) is 3.65. The second-order valence-electron chi connectivity index (χ2n) is 5.46. The molecule has 0 heterocycles. The van der Waals surface area contributed by atoms with E-state index in [1.54, 1.807) is 31.2 Å². The van der Waals surface area contributed by atoms with Crippen molar-refractivity contribution < 1.29 is 17.6 Å². The maximum absolute atomic E-state index is 12.8. The first-order chi connectivity index (χ1) is 11.8. The van der Waals surface area contributed by atoms with Crippen molar-refractivity contribution in [2.75, 3.05) is 7.05 Å². The molecule has 0 aliphatic rings. The van der Waals surface area contributed by atoms with Crippen molar-refractivity contribution in [1.82, 2.24) is 15.4 Å². The third kappa shape index (κ3) is 5.27. The van der Waals surface area contributed by atoms with E-state index < -0.39 is 16.1 Å². The number of urea groups is 1. The van der Waals surface area contributed by atoms with Crippen LogP contribution in [0.4, 0.5) is 9.18 Å². The molecule has 0 aliphatic carbocycles. The highest BCUT2D eigenvalue weighted by Crippen LogP contribution is 2.17. The lowest BCUT2D eigenvalue weighted by atomic mass is 10.1. The smallest absolute Gasteiger partial charge is 0.315 e. The summed E-state index contributed by atoms with van der Waals surface area (Å²) in [5.41, 5.74) is 1.43. The molecular weight excluding hydrogens is 345 g/mol. The van der Waals surface area contributed by atoms with Crippen LogP contribution < -0.4 is 15.4 Å². The molecule has 8 heteroatoms. The normalized spacial score (nSPS) is 12.4. The Morgan fingerprint density at radius 1 is 1.16 bits per heavy atom. The van der Waals surface area contributed by atoms with Crippen molar-refractivity contribution in [3.63, 3.8) is 0 Å². The topological polar surface area (TPSA) is 87.3 Å². The first-order valence-corrected chi connectivity index (χ1v) is 9.12. The first-order valence-electron chi connectivity index (χ1n) is 7.64. The lowest BCUT2D eigenvalue weighted by Gasteiger charge is -2.16. The number of nitrogens with one attached hydrogen (secondary N) is 3. The van der Waals surface area contributed by atoms with E-state index in [-0.39, 0.29) is 23.3 Å². The number of carbonyl (C=O) groups excluding carboxylic acids is 1. The van der Waals surface area contributed by atoms with Crippen LogP contribution in [-0.2, 0) is 16.6 Å². The summed E-state index contributed by atoms with van der Waals surface area (Å²) >= 11 is 0. The van der Waals surface area contributed by atoms with Gasteiger partial charge in [-0.25, -0.2) is 22.3 Å². The molecule has 2 aromatic carbocycles. The van der Waals surface area contributed by atoms with E-state index >= 15 is 0 Å². The molecule has 1 unspecified atom stereocenters. The summed E-state index contributed by atoms with van der Waals surface area (Å²) in [6, 6.07) is 11.4. The van der Waals surface area contributed by atoms with E-state index in [0.29, 0.717) is 5.56 Å². The van der Waals surface area contributed by atoms with Gasteiger partial charge in [0, 0.05) is 6.54 Å². The molecular formula is C17H20FN3O3S. The zero-order valence-electron chi connectivity index (χ0n) is 13.9. The predicted octanol–water partition coefficient (Wildman–Crippen LogP) is 2.29. The molecule has 0 aliphatic heterocycles. The Balaban J connectivity index is 1.97. The number of rotatable bonds is 6. The van der Waals surface area contributed by atoms with Crippen LogP contribution in [0.15, 0.2) is 53.4 Å². The van der Waals surface area contributed by atoms with Gasteiger partial charge in [-0.2, -0.15) is 0 Å². The van der Waals surface area contributed by atoms with Crippen molar-refractivity contribution in [3.8, 4) is 0 Å². The molecule has 0 saturated heterocycles. The highest BCUT2D eigenvalue weighted by Gasteiger charge is 2.15. The van der Waals surface area contributed by atoms with Gasteiger partial charge in [0.25, 0.3) is 0 Å². The summed E-state index contributed by atoms with van der Waals surface area (Å²) in [7, 11) is -2.20. The van der Waals surface area contributed by atoms with E-state index in [1.165, 1.54) is 31.3 Å². The summed E-state index contributed by atoms with van der Waals surface area (Å²) in [4.78, 5) is 12.1. The number of sulfonamides is 1. The molecule has 0 spiro atoms. The molecule has 0 saturated carbocycles. The van der Waals surface area contributed by atoms with Crippen LogP contribution in [0.2, 0.25) is 0 Å². The Bertz CT molecular complexity index is 838. The maximum Gasteiger partial charge on any atom is 0.315 e. The Morgan fingerprint density at radius 2 is 1.84 bits per heavy atom. The Kier molecular flexibility index (Phi) is 6.11. The van der Waals surface area contributed by atoms with Crippen LogP contribution in [0.1, 0.15) is 24.1 Å². The second kappa shape index (κ2) is 8.09. The Hall–Kier alpha value is -2.45. The molecule has 25 heavy (non-hydrogen) atoms. The van der Waals surface area contributed by atoms with Gasteiger partial charge in [-0.1, -0.05) is 24.3 Å². The SMILES string of the molecule is CNS(=O)(=O)c1cccc(C(C)NC(=O)NCc2ccc(F)cc2)c1. The fourth-order valence-electron chi connectivity index (χ4n) is 2.18. The molecule has 3 N–H and O–H groups in total. The van der Waals surface area contributed by atoms with E-state index in [1.807, 2.05) is 0 Å². The minimum absolute atomic E-state index is 0.132. The number of halogens is 1. The van der Waals surface area contributed by atoms with Gasteiger partial charge in [0.2, 0.25) is 10.0 Å². The largest absolute Gasteiger partial charge is 0.334 e. The highest BCUT2D eigenvalue weighted by atomic mass is 32.2. The van der Waals surface area contributed by atoms with Crippen LogP contribution in [0.5, 0.6) is 0 Å². The molecule has 1 atom stereocenters. The predicted molar refractivity (Wildman–Crippen MR) is 92.9 cm³/mol. The standard InChI is InChI=1S/C17H20FN3O3S/c1-12(14-4-3-5-16(10-14)25(23,24)19-2)21-17(22)20-11-13-6-8-15(18)9-7-13/h3-10,12,19H,11H2,1-2H3,(H2,20,21,22). The zero-order chi connectivity index (χ0) is 18.4. The number of hydrogen-bond donors (Lipinski definition) is 3. The van der Waals surface area contributed by atoms with E-state index in [9.17, 15) is 17.6 Å². The van der Waals surface area contributed by atoms with Crippen molar-refractivity contribution in [2.45, 2.75) is 24.4 Å². The minimum atomic E-state index is -3.54. The van der Waals surface area contributed by atoms with Gasteiger partial charge in [0.05, 0.1) is 10.9 Å². The summed E-state index contributed by atoms with van der Waals surface area (Å²) in [5.74, 6) is -0.335.